The van der Waals surface area contributed by atoms with E-state index in [2.05, 4.69) is 27.7 Å². The number of aryl methyl sites for hydroxylation is 1. The number of thioether (sulfide) groups is 1. The van der Waals surface area contributed by atoms with Crippen LogP contribution in [0.5, 0.6) is 0 Å². The molecule has 98 valence electrons. The molecule has 0 saturated carbocycles. The molecular weight excluding hydrogens is 266 g/mol. The van der Waals surface area contributed by atoms with Crippen LogP contribution in [-0.4, -0.2) is 32.4 Å². The van der Waals surface area contributed by atoms with Gasteiger partial charge in [-0.2, -0.15) is 11.8 Å². The molecule has 2 aromatic heterocycles. The SMILES string of the molecule is CSCC(C)Cn1c(CCCl)nc2cnccc21. The van der Waals surface area contributed by atoms with E-state index in [1.807, 2.05) is 30.2 Å². The molecule has 18 heavy (non-hydrogen) atoms. The predicted octanol–water partition coefficient (Wildman–Crippen LogP) is 3.21. The van der Waals surface area contributed by atoms with Gasteiger partial charge in [-0.1, -0.05) is 6.92 Å². The van der Waals surface area contributed by atoms with E-state index in [1.165, 1.54) is 0 Å². The van der Waals surface area contributed by atoms with E-state index in [0.29, 0.717) is 11.8 Å². The van der Waals surface area contributed by atoms with Gasteiger partial charge in [0.05, 0.1) is 11.7 Å². The summed E-state index contributed by atoms with van der Waals surface area (Å²) in [7, 11) is 0. The fourth-order valence-corrected chi connectivity index (χ4v) is 3.00. The Kier molecular flexibility index (Phi) is 4.89. The average Bonchev–Trinajstić information content (AvgIpc) is 2.69. The van der Waals surface area contributed by atoms with Crippen LogP contribution in [0.15, 0.2) is 18.5 Å². The Labute approximate surface area is 117 Å². The van der Waals surface area contributed by atoms with Crippen LogP contribution in [0.1, 0.15) is 12.7 Å². The summed E-state index contributed by atoms with van der Waals surface area (Å²) in [5.74, 6) is 3.46. The molecule has 5 heteroatoms. The van der Waals surface area contributed by atoms with Gasteiger partial charge in [0.15, 0.2) is 0 Å². The van der Waals surface area contributed by atoms with Crippen molar-refractivity contribution in [2.75, 3.05) is 17.9 Å². The molecule has 0 aliphatic rings. The van der Waals surface area contributed by atoms with Crippen molar-refractivity contribution in [3.05, 3.63) is 24.3 Å². The van der Waals surface area contributed by atoms with Crippen LogP contribution in [0.25, 0.3) is 11.0 Å². The number of fused-ring (bicyclic) bond motifs is 1. The zero-order valence-corrected chi connectivity index (χ0v) is 12.3. The van der Waals surface area contributed by atoms with Gasteiger partial charge in [-0.3, -0.25) is 4.98 Å². The van der Waals surface area contributed by atoms with E-state index in [9.17, 15) is 0 Å². The normalized spacial score (nSPS) is 13.1. The maximum absolute atomic E-state index is 5.86. The topological polar surface area (TPSA) is 30.7 Å². The van der Waals surface area contributed by atoms with E-state index < -0.39 is 0 Å². The van der Waals surface area contributed by atoms with Crippen molar-refractivity contribution in [3.8, 4) is 0 Å². The lowest BCUT2D eigenvalue weighted by Gasteiger charge is -2.14. The van der Waals surface area contributed by atoms with Gasteiger partial charge in [-0.15, -0.1) is 11.6 Å². The van der Waals surface area contributed by atoms with Crippen LogP contribution in [0, 0.1) is 5.92 Å². The fourth-order valence-electron chi connectivity index (χ4n) is 2.16. The summed E-state index contributed by atoms with van der Waals surface area (Å²) in [4.78, 5) is 8.75. The van der Waals surface area contributed by atoms with Crippen LogP contribution in [0.2, 0.25) is 0 Å². The van der Waals surface area contributed by atoms with Crippen molar-refractivity contribution in [2.24, 2.45) is 5.92 Å². The van der Waals surface area contributed by atoms with Crippen molar-refractivity contribution in [3.63, 3.8) is 0 Å². The maximum atomic E-state index is 5.86. The molecule has 0 bridgehead atoms. The average molecular weight is 284 g/mol. The number of alkyl halides is 1. The third-order valence-electron chi connectivity index (χ3n) is 2.89. The molecule has 0 saturated heterocycles. The summed E-state index contributed by atoms with van der Waals surface area (Å²) in [6.45, 7) is 3.27. The molecule has 0 radical (unpaired) electrons. The van der Waals surface area contributed by atoms with Gasteiger partial charge >= 0.3 is 0 Å². The number of halogens is 1. The van der Waals surface area contributed by atoms with Crippen molar-refractivity contribution in [2.45, 2.75) is 19.9 Å². The van der Waals surface area contributed by atoms with Gasteiger partial charge < -0.3 is 4.57 Å². The number of imidazole rings is 1. The van der Waals surface area contributed by atoms with E-state index in [4.69, 9.17) is 11.6 Å². The third-order valence-corrected chi connectivity index (χ3v) is 3.98. The zero-order chi connectivity index (χ0) is 13.0. The van der Waals surface area contributed by atoms with E-state index in [0.717, 1.165) is 35.6 Å². The Bertz CT molecular complexity index is 512. The second-order valence-electron chi connectivity index (χ2n) is 4.50. The van der Waals surface area contributed by atoms with Gasteiger partial charge in [0.25, 0.3) is 0 Å². The number of pyridine rings is 1. The molecule has 1 atom stereocenters. The van der Waals surface area contributed by atoms with Gasteiger partial charge in [0.1, 0.15) is 11.3 Å². The Morgan fingerprint density at radius 3 is 3.06 bits per heavy atom. The number of nitrogens with zero attached hydrogens (tertiary/aromatic N) is 3. The van der Waals surface area contributed by atoms with E-state index in [1.54, 1.807) is 0 Å². The summed E-state index contributed by atoms with van der Waals surface area (Å²) in [6.07, 6.45) is 6.60. The minimum Gasteiger partial charge on any atom is -0.328 e. The third kappa shape index (κ3) is 2.98. The Hall–Kier alpha value is -0.740. The molecule has 0 spiro atoms. The molecule has 2 heterocycles. The zero-order valence-electron chi connectivity index (χ0n) is 10.8. The number of hydrogen-bond acceptors (Lipinski definition) is 3. The molecule has 0 aliphatic heterocycles. The summed E-state index contributed by atoms with van der Waals surface area (Å²) in [5.41, 5.74) is 2.13. The van der Waals surface area contributed by atoms with Crippen molar-refractivity contribution in [1.29, 1.82) is 0 Å². The first-order valence-electron chi connectivity index (χ1n) is 6.10. The van der Waals surface area contributed by atoms with Gasteiger partial charge in [0, 0.05) is 25.0 Å². The highest BCUT2D eigenvalue weighted by molar-refractivity contribution is 7.98. The lowest BCUT2D eigenvalue weighted by molar-refractivity contribution is 0.526. The van der Waals surface area contributed by atoms with Gasteiger partial charge in [-0.05, 0) is 24.0 Å². The van der Waals surface area contributed by atoms with Crippen LogP contribution in [-0.2, 0) is 13.0 Å². The Morgan fingerprint density at radius 1 is 1.50 bits per heavy atom. The molecule has 0 aliphatic carbocycles. The highest BCUT2D eigenvalue weighted by Crippen LogP contribution is 2.18. The summed E-state index contributed by atoms with van der Waals surface area (Å²) in [5, 5.41) is 0. The van der Waals surface area contributed by atoms with E-state index >= 15 is 0 Å². The first kappa shape index (κ1) is 13.7. The number of aromatic nitrogens is 3. The molecule has 3 nitrogen and oxygen atoms in total. The highest BCUT2D eigenvalue weighted by Gasteiger charge is 2.12. The minimum absolute atomic E-state index is 0.605. The van der Waals surface area contributed by atoms with E-state index in [-0.39, 0.29) is 0 Å². The fraction of sp³-hybridized carbons (Fsp3) is 0.538. The minimum atomic E-state index is 0.605. The van der Waals surface area contributed by atoms with Crippen LogP contribution in [0.3, 0.4) is 0 Å². The summed E-state index contributed by atoms with van der Waals surface area (Å²) >= 11 is 7.74. The first-order chi connectivity index (χ1) is 8.76. The second kappa shape index (κ2) is 6.43. The Morgan fingerprint density at radius 2 is 2.33 bits per heavy atom. The largest absolute Gasteiger partial charge is 0.328 e. The van der Waals surface area contributed by atoms with Crippen molar-refractivity contribution in [1.82, 2.24) is 14.5 Å². The standard InChI is InChI=1S/C13H18ClN3S/c1-10(9-18-2)8-17-12-4-6-15-7-11(12)16-13(17)3-5-14/h4,6-7,10H,3,5,8-9H2,1-2H3. The molecule has 0 amide bonds. The molecule has 1 unspecified atom stereocenters. The lowest BCUT2D eigenvalue weighted by Crippen LogP contribution is -2.13. The summed E-state index contributed by atoms with van der Waals surface area (Å²) in [6, 6.07) is 2.03. The monoisotopic (exact) mass is 283 g/mol. The molecule has 0 N–H and O–H groups in total. The molecular formula is C13H18ClN3S. The Balaban J connectivity index is 2.35. The van der Waals surface area contributed by atoms with Crippen molar-refractivity contribution < 1.29 is 0 Å². The second-order valence-corrected chi connectivity index (χ2v) is 5.79. The lowest BCUT2D eigenvalue weighted by atomic mass is 10.2. The number of hydrogen-bond donors (Lipinski definition) is 0. The van der Waals surface area contributed by atoms with Crippen LogP contribution < -0.4 is 0 Å². The van der Waals surface area contributed by atoms with Crippen LogP contribution in [0.4, 0.5) is 0 Å². The quantitative estimate of drug-likeness (QED) is 0.763. The molecule has 2 rings (SSSR count). The van der Waals surface area contributed by atoms with Crippen LogP contribution >= 0.6 is 23.4 Å². The molecule has 0 aromatic carbocycles. The van der Waals surface area contributed by atoms with Crippen molar-refractivity contribution >= 4 is 34.4 Å². The summed E-state index contributed by atoms with van der Waals surface area (Å²) < 4.78 is 2.29. The first-order valence-corrected chi connectivity index (χ1v) is 8.03. The van der Waals surface area contributed by atoms with Gasteiger partial charge in [-0.25, -0.2) is 4.98 Å². The van der Waals surface area contributed by atoms with Gasteiger partial charge in [0.2, 0.25) is 0 Å². The highest BCUT2D eigenvalue weighted by atomic mass is 35.5. The predicted molar refractivity (Wildman–Crippen MR) is 79.5 cm³/mol. The smallest absolute Gasteiger partial charge is 0.111 e. The molecule has 0 fully saturated rings. The number of rotatable bonds is 6. The maximum Gasteiger partial charge on any atom is 0.111 e. The molecule has 2 aromatic rings.